The summed E-state index contributed by atoms with van der Waals surface area (Å²) in [6.45, 7) is 4.45. The smallest absolute Gasteiger partial charge is 0.278 e. The van der Waals surface area contributed by atoms with Crippen LogP contribution in [0.2, 0.25) is 0 Å². The zero-order valence-corrected chi connectivity index (χ0v) is 22.4. The number of nitrogens with zero attached hydrogens (tertiary/aromatic N) is 2. The van der Waals surface area contributed by atoms with Crippen molar-refractivity contribution in [1.29, 1.82) is 0 Å². The summed E-state index contributed by atoms with van der Waals surface area (Å²) in [6, 6.07) is 14.8. The molecule has 2 aromatic carbocycles. The topological polar surface area (TPSA) is 111 Å². The molecule has 3 rings (SSSR count). The number of hydrogen-bond donors (Lipinski definition) is 3. The molecule has 38 heavy (non-hydrogen) atoms. The van der Waals surface area contributed by atoms with Gasteiger partial charge in [-0.2, -0.15) is 0 Å². The molecule has 0 bridgehead atoms. The summed E-state index contributed by atoms with van der Waals surface area (Å²) >= 11 is 0. The van der Waals surface area contributed by atoms with Crippen molar-refractivity contribution in [2.45, 2.75) is 37.8 Å². The van der Waals surface area contributed by atoms with E-state index in [0.717, 1.165) is 54.9 Å². The Balaban J connectivity index is 1.60. The Morgan fingerprint density at radius 3 is 2.08 bits per heavy atom. The van der Waals surface area contributed by atoms with Gasteiger partial charge in [0.15, 0.2) is 5.54 Å². The number of hydroxylamine groups is 1. The molecule has 3 amide bonds. The lowest BCUT2D eigenvalue weighted by atomic mass is 9.96. The van der Waals surface area contributed by atoms with Gasteiger partial charge in [0.05, 0.1) is 6.10 Å². The monoisotopic (exact) mass is 520 g/mol. The molecule has 9 nitrogen and oxygen atoms in total. The van der Waals surface area contributed by atoms with E-state index in [0.29, 0.717) is 6.10 Å². The summed E-state index contributed by atoms with van der Waals surface area (Å²) in [5.74, 6) is 3.93. The highest BCUT2D eigenvalue weighted by molar-refractivity contribution is 6.12. The molecule has 202 valence electrons. The van der Waals surface area contributed by atoms with Crippen LogP contribution in [0.3, 0.4) is 0 Å². The first-order valence-electron chi connectivity index (χ1n) is 12.6. The average molecular weight is 521 g/mol. The minimum absolute atomic E-state index is 0.273. The quantitative estimate of drug-likeness (QED) is 0.212. The first kappa shape index (κ1) is 28.9. The van der Waals surface area contributed by atoms with Crippen LogP contribution in [0.4, 0.5) is 0 Å². The number of carbonyl (C=O) groups excluding carboxylic acids is 3. The first-order chi connectivity index (χ1) is 18.2. The average Bonchev–Trinajstić information content (AvgIpc) is 2.97. The van der Waals surface area contributed by atoms with Gasteiger partial charge in [-0.1, -0.05) is 24.0 Å². The molecule has 0 aliphatic carbocycles. The Bertz CT molecular complexity index is 1160. The molecule has 1 atom stereocenters. The van der Waals surface area contributed by atoms with E-state index in [-0.39, 0.29) is 5.56 Å². The normalized spacial score (nSPS) is 15.5. The molecule has 0 saturated carbocycles. The third kappa shape index (κ3) is 6.78. The van der Waals surface area contributed by atoms with Crippen LogP contribution in [0.25, 0.3) is 0 Å². The van der Waals surface area contributed by atoms with Crippen molar-refractivity contribution >= 4 is 17.7 Å². The largest absolute Gasteiger partial charge is 0.381 e. The number of methoxy groups -OCH3 is 1. The van der Waals surface area contributed by atoms with Crippen molar-refractivity contribution in [2.75, 3.05) is 40.8 Å². The number of carbonyl (C=O) groups is 3. The maximum absolute atomic E-state index is 13.0. The number of nitrogens with one attached hydrogen (secondary N) is 2. The molecule has 2 aromatic rings. The van der Waals surface area contributed by atoms with Crippen molar-refractivity contribution in [2.24, 2.45) is 0 Å². The summed E-state index contributed by atoms with van der Waals surface area (Å²) in [6.07, 6.45) is 3.57. The summed E-state index contributed by atoms with van der Waals surface area (Å²) in [4.78, 5) is 41.0. The van der Waals surface area contributed by atoms with E-state index in [2.05, 4.69) is 34.2 Å². The SMILES string of the molecule is CNC(=O)[C@@](C)(C(=O)NO)N(C)C(=O)c1ccc(C#Cc2ccc(CCN3CCC(OC)CC3)cc2)cc1. The van der Waals surface area contributed by atoms with E-state index in [9.17, 15) is 14.4 Å². The Morgan fingerprint density at radius 2 is 1.58 bits per heavy atom. The minimum Gasteiger partial charge on any atom is -0.381 e. The third-order valence-corrected chi connectivity index (χ3v) is 7.21. The highest BCUT2D eigenvalue weighted by Crippen LogP contribution is 2.18. The fourth-order valence-corrected chi connectivity index (χ4v) is 4.41. The van der Waals surface area contributed by atoms with E-state index < -0.39 is 23.3 Å². The van der Waals surface area contributed by atoms with Gasteiger partial charge in [0.25, 0.3) is 17.7 Å². The molecule has 1 aliphatic rings. The molecule has 0 aromatic heterocycles. The van der Waals surface area contributed by atoms with Gasteiger partial charge < -0.3 is 19.9 Å². The van der Waals surface area contributed by atoms with Crippen LogP contribution in [0.15, 0.2) is 48.5 Å². The highest BCUT2D eigenvalue weighted by Gasteiger charge is 2.47. The lowest BCUT2D eigenvalue weighted by Crippen LogP contribution is -2.64. The van der Waals surface area contributed by atoms with Crippen molar-refractivity contribution in [3.05, 3.63) is 70.8 Å². The van der Waals surface area contributed by atoms with Gasteiger partial charge in [-0.05, 0) is 68.1 Å². The van der Waals surface area contributed by atoms with Gasteiger partial charge in [0, 0.05) is 57.5 Å². The number of amides is 3. The number of benzene rings is 2. The van der Waals surface area contributed by atoms with E-state index in [1.54, 1.807) is 31.4 Å². The van der Waals surface area contributed by atoms with Gasteiger partial charge >= 0.3 is 0 Å². The molecule has 9 heteroatoms. The number of rotatable bonds is 8. The van der Waals surface area contributed by atoms with E-state index in [1.165, 1.54) is 32.1 Å². The molecular weight excluding hydrogens is 484 g/mol. The Morgan fingerprint density at radius 1 is 1.03 bits per heavy atom. The van der Waals surface area contributed by atoms with Gasteiger partial charge in [-0.3, -0.25) is 19.6 Å². The molecular formula is C29H36N4O5. The van der Waals surface area contributed by atoms with Crippen molar-refractivity contribution < 1.29 is 24.3 Å². The van der Waals surface area contributed by atoms with Gasteiger partial charge in [0.2, 0.25) is 0 Å². The minimum atomic E-state index is -1.94. The zero-order chi connectivity index (χ0) is 27.7. The van der Waals surface area contributed by atoms with E-state index in [1.807, 2.05) is 12.1 Å². The second kappa shape index (κ2) is 13.2. The summed E-state index contributed by atoms with van der Waals surface area (Å²) in [5.41, 5.74) is 2.68. The fourth-order valence-electron chi connectivity index (χ4n) is 4.41. The third-order valence-electron chi connectivity index (χ3n) is 7.21. The van der Waals surface area contributed by atoms with Crippen LogP contribution in [0, 0.1) is 11.8 Å². The molecule has 3 N–H and O–H groups in total. The molecule has 0 spiro atoms. The predicted octanol–water partition coefficient (Wildman–Crippen LogP) is 1.82. The van der Waals surface area contributed by atoms with Crippen LogP contribution in [0.1, 0.15) is 46.8 Å². The summed E-state index contributed by atoms with van der Waals surface area (Å²) in [5, 5.41) is 11.4. The lowest BCUT2D eigenvalue weighted by molar-refractivity contribution is -0.148. The Kier molecular flexibility index (Phi) is 10.0. The Hall–Kier alpha value is -3.71. The lowest BCUT2D eigenvalue weighted by Gasteiger charge is -2.34. The molecule has 0 radical (unpaired) electrons. The van der Waals surface area contributed by atoms with E-state index >= 15 is 0 Å². The highest BCUT2D eigenvalue weighted by atomic mass is 16.5. The Labute approximate surface area is 224 Å². The second-order valence-electron chi connectivity index (χ2n) is 9.51. The number of likely N-dealkylation sites (N-methyl/N-ethyl adjacent to an activating group) is 2. The number of hydrogen-bond acceptors (Lipinski definition) is 6. The number of likely N-dealkylation sites (tertiary alicyclic amines) is 1. The first-order valence-corrected chi connectivity index (χ1v) is 12.6. The van der Waals surface area contributed by atoms with Gasteiger partial charge in [-0.15, -0.1) is 0 Å². The van der Waals surface area contributed by atoms with Crippen LogP contribution < -0.4 is 10.8 Å². The summed E-state index contributed by atoms with van der Waals surface area (Å²) in [7, 11) is 4.46. The number of ether oxygens (including phenoxy) is 1. The predicted molar refractivity (Wildman–Crippen MR) is 144 cm³/mol. The van der Waals surface area contributed by atoms with Gasteiger partial charge in [0.1, 0.15) is 0 Å². The van der Waals surface area contributed by atoms with Gasteiger partial charge in [-0.25, -0.2) is 5.48 Å². The van der Waals surface area contributed by atoms with Crippen LogP contribution in [-0.2, 0) is 20.7 Å². The number of piperidine rings is 1. The maximum atomic E-state index is 13.0. The fraction of sp³-hybridized carbons (Fsp3) is 0.414. The molecule has 1 saturated heterocycles. The van der Waals surface area contributed by atoms with Crippen molar-refractivity contribution in [3.8, 4) is 11.8 Å². The van der Waals surface area contributed by atoms with Crippen LogP contribution in [0.5, 0.6) is 0 Å². The summed E-state index contributed by atoms with van der Waals surface area (Å²) < 4.78 is 5.44. The van der Waals surface area contributed by atoms with Crippen LogP contribution in [-0.4, -0.2) is 85.2 Å². The molecule has 1 fully saturated rings. The molecule has 1 aliphatic heterocycles. The van der Waals surface area contributed by atoms with Crippen LogP contribution >= 0.6 is 0 Å². The maximum Gasteiger partial charge on any atom is 0.278 e. The van der Waals surface area contributed by atoms with E-state index in [4.69, 9.17) is 9.94 Å². The molecule has 1 heterocycles. The van der Waals surface area contributed by atoms with Crippen molar-refractivity contribution in [1.82, 2.24) is 20.6 Å². The second-order valence-corrected chi connectivity index (χ2v) is 9.51. The zero-order valence-electron chi connectivity index (χ0n) is 22.4. The standard InChI is InChI=1S/C29H36N4O5/c1-29(27(35)30-2,28(36)31-37)32(3)26(34)24-13-11-22(12-14-24)6-5-21-7-9-23(10-8-21)15-18-33-19-16-25(38-4)17-20-33/h7-14,25,37H,15-20H2,1-4H3,(H,30,35)(H,31,36)/t29-/m0/s1. The van der Waals surface area contributed by atoms with Crippen molar-refractivity contribution in [3.63, 3.8) is 0 Å². The molecule has 0 unspecified atom stereocenters.